The zero-order valence-electron chi connectivity index (χ0n) is 11.4. The zero-order chi connectivity index (χ0) is 14.1. The number of amides is 1. The molecule has 0 aliphatic heterocycles. The van der Waals surface area contributed by atoms with Crippen LogP contribution in [0, 0.1) is 0 Å². The molecule has 0 heterocycles. The fourth-order valence-corrected chi connectivity index (χ4v) is 1.66. The minimum Gasteiger partial charge on any atom is -0.379 e. The lowest BCUT2D eigenvalue weighted by Gasteiger charge is -2.10. The van der Waals surface area contributed by atoms with Gasteiger partial charge in [0.1, 0.15) is 0 Å². The third-order valence-electron chi connectivity index (χ3n) is 2.41. The van der Waals surface area contributed by atoms with Gasteiger partial charge in [-0.1, -0.05) is 23.7 Å². The van der Waals surface area contributed by atoms with Crippen LogP contribution in [0.15, 0.2) is 24.3 Å². The summed E-state index contributed by atoms with van der Waals surface area (Å²) in [6.07, 6.45) is 1.05. The Morgan fingerprint density at radius 2 is 2.11 bits per heavy atom. The third-order valence-corrected chi connectivity index (χ3v) is 2.74. The average molecular weight is 285 g/mol. The molecule has 0 radical (unpaired) electrons. The lowest BCUT2D eigenvalue weighted by Crippen LogP contribution is -2.31. The molecule has 0 aliphatic carbocycles. The first-order valence-electron chi connectivity index (χ1n) is 6.46. The molecule has 106 valence electrons. The van der Waals surface area contributed by atoms with Gasteiger partial charge in [-0.05, 0) is 32.4 Å². The van der Waals surface area contributed by atoms with Crippen LogP contribution in [0.1, 0.15) is 20.3 Å². The van der Waals surface area contributed by atoms with Crippen LogP contribution in [-0.2, 0) is 9.53 Å². The summed E-state index contributed by atoms with van der Waals surface area (Å²) < 4.78 is 5.38. The van der Waals surface area contributed by atoms with Gasteiger partial charge in [-0.25, -0.2) is 0 Å². The van der Waals surface area contributed by atoms with Crippen LogP contribution in [-0.4, -0.2) is 31.7 Å². The van der Waals surface area contributed by atoms with E-state index in [9.17, 15) is 4.79 Å². The molecule has 4 nitrogen and oxygen atoms in total. The van der Waals surface area contributed by atoms with Gasteiger partial charge >= 0.3 is 0 Å². The van der Waals surface area contributed by atoms with Gasteiger partial charge in [0.25, 0.3) is 0 Å². The van der Waals surface area contributed by atoms with Crippen LogP contribution in [0.5, 0.6) is 0 Å². The van der Waals surface area contributed by atoms with Crippen LogP contribution in [0.3, 0.4) is 0 Å². The van der Waals surface area contributed by atoms with Crippen molar-refractivity contribution in [2.75, 3.05) is 25.0 Å². The largest absolute Gasteiger partial charge is 0.379 e. The van der Waals surface area contributed by atoms with Crippen LogP contribution < -0.4 is 10.6 Å². The first kappa shape index (κ1) is 15.8. The number of anilines is 1. The highest BCUT2D eigenvalue weighted by Crippen LogP contribution is 2.19. The van der Waals surface area contributed by atoms with Gasteiger partial charge in [-0.2, -0.15) is 0 Å². The van der Waals surface area contributed by atoms with E-state index >= 15 is 0 Å². The molecule has 0 saturated heterocycles. The SMILES string of the molecule is CC(C)OCCCNC(=O)CNc1ccccc1Cl. The standard InChI is InChI=1S/C14H21ClN2O2/c1-11(2)19-9-5-8-16-14(18)10-17-13-7-4-3-6-12(13)15/h3-4,6-7,11,17H,5,8-10H2,1-2H3,(H,16,18). The number of hydrogen-bond donors (Lipinski definition) is 2. The Morgan fingerprint density at radius 1 is 1.37 bits per heavy atom. The molecule has 0 spiro atoms. The summed E-state index contributed by atoms with van der Waals surface area (Å²) in [5, 5.41) is 6.43. The summed E-state index contributed by atoms with van der Waals surface area (Å²) in [6, 6.07) is 7.34. The molecule has 0 aromatic heterocycles. The molecule has 2 N–H and O–H groups in total. The maximum absolute atomic E-state index is 11.6. The van der Waals surface area contributed by atoms with Crippen molar-refractivity contribution in [3.8, 4) is 0 Å². The Bertz CT molecular complexity index is 397. The van der Waals surface area contributed by atoms with E-state index in [-0.39, 0.29) is 18.6 Å². The van der Waals surface area contributed by atoms with Crippen molar-refractivity contribution in [1.29, 1.82) is 0 Å². The summed E-state index contributed by atoms with van der Waals surface area (Å²) in [6.45, 7) is 5.48. The number of carbonyl (C=O) groups is 1. The van der Waals surface area contributed by atoms with Gasteiger partial charge in [-0.15, -0.1) is 0 Å². The van der Waals surface area contributed by atoms with Crippen LogP contribution in [0.2, 0.25) is 5.02 Å². The van der Waals surface area contributed by atoms with E-state index in [1.807, 2.05) is 32.0 Å². The molecule has 0 bridgehead atoms. The molecule has 5 heteroatoms. The van der Waals surface area contributed by atoms with Crippen molar-refractivity contribution in [2.24, 2.45) is 0 Å². The monoisotopic (exact) mass is 284 g/mol. The first-order chi connectivity index (χ1) is 9.09. The van der Waals surface area contributed by atoms with Crippen molar-refractivity contribution in [3.63, 3.8) is 0 Å². The third kappa shape index (κ3) is 7.03. The Balaban J connectivity index is 2.13. The molecule has 1 aromatic carbocycles. The normalized spacial score (nSPS) is 10.5. The van der Waals surface area contributed by atoms with Crippen molar-refractivity contribution in [2.45, 2.75) is 26.4 Å². The second-order valence-electron chi connectivity index (χ2n) is 4.46. The minimum absolute atomic E-state index is 0.0514. The molecule has 0 atom stereocenters. The summed E-state index contributed by atoms with van der Waals surface area (Å²) in [7, 11) is 0. The van der Waals surface area contributed by atoms with Gasteiger partial charge in [0, 0.05) is 13.2 Å². The van der Waals surface area contributed by atoms with E-state index in [4.69, 9.17) is 16.3 Å². The number of para-hydroxylation sites is 1. The van der Waals surface area contributed by atoms with E-state index in [2.05, 4.69) is 10.6 Å². The predicted molar refractivity (Wildman–Crippen MR) is 78.7 cm³/mol. The number of carbonyl (C=O) groups excluding carboxylic acids is 1. The zero-order valence-corrected chi connectivity index (χ0v) is 12.2. The van der Waals surface area contributed by atoms with Crippen molar-refractivity contribution in [3.05, 3.63) is 29.3 Å². The smallest absolute Gasteiger partial charge is 0.239 e. The number of halogens is 1. The van der Waals surface area contributed by atoms with Crippen LogP contribution in [0.25, 0.3) is 0 Å². The topological polar surface area (TPSA) is 50.4 Å². The van der Waals surface area contributed by atoms with Crippen molar-refractivity contribution >= 4 is 23.2 Å². The molecule has 0 fully saturated rings. The van der Waals surface area contributed by atoms with E-state index in [1.165, 1.54) is 0 Å². The Kier molecular flexibility index (Phi) is 7.30. The number of nitrogens with one attached hydrogen (secondary N) is 2. The van der Waals surface area contributed by atoms with Gasteiger partial charge in [0.15, 0.2) is 0 Å². The highest BCUT2D eigenvalue weighted by molar-refractivity contribution is 6.33. The lowest BCUT2D eigenvalue weighted by molar-refractivity contribution is -0.119. The van der Waals surface area contributed by atoms with Gasteiger partial charge < -0.3 is 15.4 Å². The summed E-state index contributed by atoms with van der Waals surface area (Å²) in [4.78, 5) is 11.6. The summed E-state index contributed by atoms with van der Waals surface area (Å²) in [5.74, 6) is -0.0514. The average Bonchev–Trinajstić information content (AvgIpc) is 2.37. The molecule has 0 unspecified atom stereocenters. The van der Waals surface area contributed by atoms with Gasteiger partial charge in [0.05, 0.1) is 23.4 Å². The molecule has 1 aromatic rings. The highest BCUT2D eigenvalue weighted by atomic mass is 35.5. The molecule has 1 amide bonds. The fraction of sp³-hybridized carbons (Fsp3) is 0.500. The van der Waals surface area contributed by atoms with E-state index < -0.39 is 0 Å². The molecule has 19 heavy (non-hydrogen) atoms. The minimum atomic E-state index is -0.0514. The van der Waals surface area contributed by atoms with Crippen molar-refractivity contribution < 1.29 is 9.53 Å². The number of rotatable bonds is 8. The Hall–Kier alpha value is -1.26. The van der Waals surface area contributed by atoms with E-state index in [0.29, 0.717) is 18.2 Å². The van der Waals surface area contributed by atoms with Crippen LogP contribution >= 0.6 is 11.6 Å². The Labute approximate surface area is 119 Å². The molecule has 0 aliphatic rings. The molecular formula is C14H21ClN2O2. The molecular weight excluding hydrogens is 264 g/mol. The van der Waals surface area contributed by atoms with Gasteiger partial charge in [-0.3, -0.25) is 4.79 Å². The Morgan fingerprint density at radius 3 is 2.79 bits per heavy atom. The van der Waals surface area contributed by atoms with Crippen LogP contribution in [0.4, 0.5) is 5.69 Å². The lowest BCUT2D eigenvalue weighted by atomic mass is 10.3. The summed E-state index contributed by atoms with van der Waals surface area (Å²) in [5.41, 5.74) is 0.766. The fourth-order valence-electron chi connectivity index (χ4n) is 1.46. The second kappa shape index (κ2) is 8.77. The van der Waals surface area contributed by atoms with Crippen molar-refractivity contribution in [1.82, 2.24) is 5.32 Å². The first-order valence-corrected chi connectivity index (χ1v) is 6.84. The van der Waals surface area contributed by atoms with E-state index in [0.717, 1.165) is 12.1 Å². The van der Waals surface area contributed by atoms with Gasteiger partial charge in [0.2, 0.25) is 5.91 Å². The number of hydrogen-bond acceptors (Lipinski definition) is 3. The van der Waals surface area contributed by atoms with E-state index in [1.54, 1.807) is 6.07 Å². The molecule has 0 saturated carbocycles. The highest BCUT2D eigenvalue weighted by Gasteiger charge is 2.02. The predicted octanol–water partition coefficient (Wildman–Crippen LogP) is 2.68. The number of ether oxygens (including phenoxy) is 1. The second-order valence-corrected chi connectivity index (χ2v) is 4.86. The maximum atomic E-state index is 11.6. The maximum Gasteiger partial charge on any atom is 0.239 e. The number of benzene rings is 1. The quantitative estimate of drug-likeness (QED) is 0.722. The molecule has 1 rings (SSSR count). The summed E-state index contributed by atoms with van der Waals surface area (Å²) >= 11 is 5.97.